The first-order chi connectivity index (χ1) is 22.7. The third kappa shape index (κ3) is 7.55. The van der Waals surface area contributed by atoms with Gasteiger partial charge in [-0.2, -0.15) is 23.1 Å². The van der Waals surface area contributed by atoms with Crippen LogP contribution < -0.4 is 15.0 Å². The number of benzene rings is 2. The number of hydrogen-bond acceptors (Lipinski definition) is 10. The number of amides is 2. The molecule has 4 aromatic rings. The first-order valence-corrected chi connectivity index (χ1v) is 16.0. The van der Waals surface area contributed by atoms with Gasteiger partial charge < -0.3 is 24.0 Å². The molecule has 11 nitrogen and oxygen atoms in total. The summed E-state index contributed by atoms with van der Waals surface area (Å²) in [5.74, 6) is -2.24. The maximum atomic E-state index is 16.7. The molecule has 17 heteroatoms. The highest BCUT2D eigenvalue weighted by molar-refractivity contribution is 7.22. The van der Waals surface area contributed by atoms with Crippen molar-refractivity contribution in [3.63, 3.8) is 0 Å². The largest absolute Gasteiger partial charge is 0.467 e. The van der Waals surface area contributed by atoms with Crippen LogP contribution in [0.4, 0.5) is 42.5 Å². The second-order valence-corrected chi connectivity index (χ2v) is 14.4. The molecule has 0 bridgehead atoms. The van der Waals surface area contributed by atoms with Gasteiger partial charge in [0, 0.05) is 42.2 Å². The van der Waals surface area contributed by atoms with Crippen molar-refractivity contribution in [1.82, 2.24) is 19.9 Å². The minimum Gasteiger partial charge on any atom is -0.467 e. The highest BCUT2D eigenvalue weighted by atomic mass is 32.1. The standard InChI is InChI=1S/C32H35F5N6O5S/c1-15-14-42(11-12-43(15)29(45)48-31(5,6)7)25-17-13-18(32(35,36)37)20(21(34)22(17)38-26(40-25)46-8)16-9-10-19(33)24-23(16)39-27(49-24)41-28(44)47-30(2,3)4/h9-10,13,15H,11-12,14H2,1-8H3,(H,39,41,44). The number of anilines is 2. The molecule has 1 aliphatic rings. The molecule has 2 amide bonds. The fourth-order valence-corrected chi connectivity index (χ4v) is 6.26. The molecule has 49 heavy (non-hydrogen) atoms. The normalized spacial score (nSPS) is 15.9. The number of fused-ring (bicyclic) bond motifs is 2. The molecule has 264 valence electrons. The zero-order valence-electron chi connectivity index (χ0n) is 28.0. The number of hydrogen-bond donors (Lipinski definition) is 1. The molecule has 0 saturated carbocycles. The van der Waals surface area contributed by atoms with Crippen molar-refractivity contribution in [2.24, 2.45) is 0 Å². The molecule has 0 aliphatic carbocycles. The van der Waals surface area contributed by atoms with E-state index in [2.05, 4.69) is 20.3 Å². The Hall–Kier alpha value is -4.54. The molecular weight excluding hydrogens is 675 g/mol. The predicted molar refractivity (Wildman–Crippen MR) is 174 cm³/mol. The van der Waals surface area contributed by atoms with Crippen molar-refractivity contribution in [1.29, 1.82) is 0 Å². The molecule has 2 aromatic heterocycles. The van der Waals surface area contributed by atoms with Gasteiger partial charge in [-0.25, -0.2) is 23.4 Å². The lowest BCUT2D eigenvalue weighted by atomic mass is 9.95. The number of piperazine rings is 1. The smallest absolute Gasteiger partial charge is 0.417 e. The summed E-state index contributed by atoms with van der Waals surface area (Å²) >= 11 is 0.651. The summed E-state index contributed by atoms with van der Waals surface area (Å²) in [4.78, 5) is 40.8. The van der Waals surface area contributed by atoms with E-state index in [1.54, 1.807) is 53.4 Å². The Bertz CT molecular complexity index is 1940. The number of rotatable bonds is 4. The average molecular weight is 711 g/mol. The quantitative estimate of drug-likeness (QED) is 0.210. The number of alkyl halides is 3. The van der Waals surface area contributed by atoms with Crippen LogP contribution in [0, 0.1) is 11.6 Å². The van der Waals surface area contributed by atoms with Crippen LogP contribution in [0.1, 0.15) is 54.0 Å². The lowest BCUT2D eigenvalue weighted by Crippen LogP contribution is -2.55. The van der Waals surface area contributed by atoms with Crippen molar-refractivity contribution >= 4 is 55.6 Å². The summed E-state index contributed by atoms with van der Waals surface area (Å²) in [6, 6.07) is 1.87. The first kappa shape index (κ1) is 35.8. The monoisotopic (exact) mass is 710 g/mol. The second-order valence-electron chi connectivity index (χ2n) is 13.4. The van der Waals surface area contributed by atoms with E-state index in [9.17, 15) is 27.2 Å². The van der Waals surface area contributed by atoms with E-state index in [0.717, 1.165) is 18.2 Å². The van der Waals surface area contributed by atoms with Crippen LogP contribution in [0.25, 0.3) is 32.2 Å². The maximum Gasteiger partial charge on any atom is 0.417 e. The molecule has 1 N–H and O–H groups in total. The number of carbonyl (C=O) groups excluding carboxylic acids is 2. The summed E-state index contributed by atoms with van der Waals surface area (Å²) in [5.41, 5.74) is -5.09. The molecule has 1 fully saturated rings. The number of methoxy groups -OCH3 is 1. The van der Waals surface area contributed by atoms with Gasteiger partial charge in [0.1, 0.15) is 28.4 Å². The number of nitrogens with one attached hydrogen (secondary N) is 1. The summed E-state index contributed by atoms with van der Waals surface area (Å²) in [6.07, 6.45) is -6.56. The third-order valence-electron chi connectivity index (χ3n) is 7.31. The molecule has 1 aliphatic heterocycles. The van der Waals surface area contributed by atoms with Crippen molar-refractivity contribution in [3.05, 3.63) is 35.4 Å². The molecule has 5 rings (SSSR count). The zero-order valence-corrected chi connectivity index (χ0v) is 28.8. The summed E-state index contributed by atoms with van der Waals surface area (Å²) < 4.78 is 91.9. The minimum absolute atomic E-state index is 0.0322. The highest BCUT2D eigenvalue weighted by Gasteiger charge is 2.39. The van der Waals surface area contributed by atoms with Crippen molar-refractivity contribution < 1.29 is 45.8 Å². The van der Waals surface area contributed by atoms with Gasteiger partial charge in [-0.15, -0.1) is 0 Å². The number of carbonyl (C=O) groups is 2. The Morgan fingerprint density at radius 2 is 1.63 bits per heavy atom. The zero-order chi connectivity index (χ0) is 36.2. The van der Waals surface area contributed by atoms with E-state index >= 15 is 4.39 Å². The first-order valence-electron chi connectivity index (χ1n) is 15.2. The van der Waals surface area contributed by atoms with E-state index < -0.39 is 63.9 Å². The van der Waals surface area contributed by atoms with E-state index in [0.29, 0.717) is 11.3 Å². The molecule has 1 unspecified atom stereocenters. The van der Waals surface area contributed by atoms with Crippen LogP contribution in [0.5, 0.6) is 6.01 Å². The van der Waals surface area contributed by atoms with Gasteiger partial charge in [0.15, 0.2) is 10.9 Å². The molecule has 3 heterocycles. The van der Waals surface area contributed by atoms with E-state index in [4.69, 9.17) is 14.2 Å². The van der Waals surface area contributed by atoms with Gasteiger partial charge in [0.25, 0.3) is 0 Å². The van der Waals surface area contributed by atoms with Crippen LogP contribution >= 0.6 is 11.3 Å². The Kier molecular flexibility index (Phi) is 9.29. The van der Waals surface area contributed by atoms with E-state index in [-0.39, 0.29) is 57.8 Å². The van der Waals surface area contributed by atoms with Gasteiger partial charge >= 0.3 is 24.4 Å². The number of halogens is 5. The van der Waals surface area contributed by atoms with Gasteiger partial charge in [-0.1, -0.05) is 11.3 Å². The molecule has 1 atom stereocenters. The van der Waals surface area contributed by atoms with Gasteiger partial charge in [-0.05, 0) is 66.7 Å². The van der Waals surface area contributed by atoms with Crippen LogP contribution in [0.3, 0.4) is 0 Å². The number of thiazole rings is 1. The Balaban J connectivity index is 1.65. The molecule has 1 saturated heterocycles. The highest BCUT2D eigenvalue weighted by Crippen LogP contribution is 2.46. The maximum absolute atomic E-state index is 16.7. The van der Waals surface area contributed by atoms with Crippen molar-refractivity contribution in [2.75, 3.05) is 37.0 Å². The second kappa shape index (κ2) is 12.7. The van der Waals surface area contributed by atoms with Crippen LogP contribution in [0.15, 0.2) is 18.2 Å². The fraction of sp³-hybridized carbons (Fsp3) is 0.469. The van der Waals surface area contributed by atoms with Crippen molar-refractivity contribution in [2.45, 2.75) is 71.9 Å². The van der Waals surface area contributed by atoms with Crippen LogP contribution in [-0.4, -0.2) is 76.0 Å². The van der Waals surface area contributed by atoms with Gasteiger partial charge in [0.2, 0.25) is 0 Å². The lowest BCUT2D eigenvalue weighted by Gasteiger charge is -2.41. The van der Waals surface area contributed by atoms with Crippen molar-refractivity contribution in [3.8, 4) is 17.1 Å². The summed E-state index contributed by atoms with van der Waals surface area (Å²) in [6.45, 7) is 12.2. The predicted octanol–water partition coefficient (Wildman–Crippen LogP) is 8.00. The van der Waals surface area contributed by atoms with E-state index in [1.807, 2.05) is 0 Å². The Labute approximate surface area is 282 Å². The molecule has 2 aromatic carbocycles. The lowest BCUT2D eigenvalue weighted by molar-refractivity contribution is -0.137. The Morgan fingerprint density at radius 3 is 2.22 bits per heavy atom. The average Bonchev–Trinajstić information content (AvgIpc) is 3.39. The van der Waals surface area contributed by atoms with Crippen LogP contribution in [-0.2, 0) is 15.7 Å². The molecule has 0 radical (unpaired) electrons. The Morgan fingerprint density at radius 1 is 0.959 bits per heavy atom. The number of nitrogens with zero attached hydrogens (tertiary/aromatic N) is 5. The summed E-state index contributed by atoms with van der Waals surface area (Å²) in [7, 11) is 1.23. The SMILES string of the molecule is COc1nc(N2CCN(C(=O)OC(C)(C)C)C(C)C2)c2cc(C(F)(F)F)c(-c3ccc(F)c4sc(NC(=O)OC(C)(C)C)nc34)c(F)c2n1. The molecule has 0 spiro atoms. The summed E-state index contributed by atoms with van der Waals surface area (Å²) in [5, 5.41) is 1.93. The third-order valence-corrected chi connectivity index (χ3v) is 8.29. The van der Waals surface area contributed by atoms with E-state index in [1.165, 1.54) is 12.0 Å². The van der Waals surface area contributed by atoms with Gasteiger partial charge in [-0.3, -0.25) is 5.32 Å². The van der Waals surface area contributed by atoms with Gasteiger partial charge in [0.05, 0.1) is 22.9 Å². The minimum atomic E-state index is -5.10. The van der Waals surface area contributed by atoms with Crippen LogP contribution in [0.2, 0.25) is 0 Å². The molecular formula is C32H35F5N6O5S. The fourth-order valence-electron chi connectivity index (χ4n) is 5.37. The number of ether oxygens (including phenoxy) is 3. The topological polar surface area (TPSA) is 119 Å². The number of aromatic nitrogens is 3.